The van der Waals surface area contributed by atoms with Gasteiger partial charge in [-0.25, -0.2) is 0 Å². The molecule has 0 unspecified atom stereocenters. The maximum Gasteiger partial charge on any atom is 0.274 e. The van der Waals surface area contributed by atoms with Crippen molar-refractivity contribution in [1.82, 2.24) is 36.2 Å². The number of hydrogen-bond donors (Lipinski definition) is 4. The first-order chi connectivity index (χ1) is 11.9. The van der Waals surface area contributed by atoms with Crippen LogP contribution in [-0.4, -0.2) is 49.5 Å². The molecule has 3 rings (SSSR count). The summed E-state index contributed by atoms with van der Waals surface area (Å²) in [5.74, 6) is -0.280. The van der Waals surface area contributed by atoms with Crippen molar-refractivity contribution >= 4 is 11.8 Å². The van der Waals surface area contributed by atoms with Gasteiger partial charge in [0.05, 0.1) is 28.7 Å². The Morgan fingerprint density at radius 2 is 2.04 bits per heavy atom. The van der Waals surface area contributed by atoms with E-state index in [1.165, 1.54) is 6.20 Å². The maximum atomic E-state index is 12.5. The lowest BCUT2D eigenvalue weighted by Crippen LogP contribution is -2.60. The van der Waals surface area contributed by atoms with E-state index < -0.39 is 5.54 Å². The van der Waals surface area contributed by atoms with Crippen LogP contribution < -0.4 is 10.6 Å². The van der Waals surface area contributed by atoms with E-state index >= 15 is 0 Å². The van der Waals surface area contributed by atoms with Gasteiger partial charge in [-0.2, -0.15) is 20.5 Å². The molecule has 25 heavy (non-hydrogen) atoms. The number of aryl methyl sites for hydroxylation is 1. The highest BCUT2D eigenvalue weighted by atomic mass is 16.2. The Kier molecular flexibility index (Phi) is 4.56. The Balaban J connectivity index is 1.64. The molecule has 1 saturated carbocycles. The van der Waals surface area contributed by atoms with Crippen LogP contribution >= 0.6 is 0 Å². The van der Waals surface area contributed by atoms with E-state index in [2.05, 4.69) is 36.2 Å². The number of carbonyl (C=O) groups is 2. The van der Waals surface area contributed by atoms with Gasteiger partial charge in [0, 0.05) is 6.54 Å². The molecule has 4 N–H and O–H groups in total. The van der Waals surface area contributed by atoms with Gasteiger partial charge in [0.1, 0.15) is 0 Å². The zero-order valence-electron chi connectivity index (χ0n) is 14.6. The van der Waals surface area contributed by atoms with E-state index in [0.29, 0.717) is 17.8 Å². The molecule has 9 nitrogen and oxygen atoms in total. The van der Waals surface area contributed by atoms with Gasteiger partial charge in [-0.05, 0) is 32.1 Å². The molecule has 2 amide bonds. The predicted molar refractivity (Wildman–Crippen MR) is 90.2 cm³/mol. The van der Waals surface area contributed by atoms with Gasteiger partial charge < -0.3 is 10.6 Å². The number of amides is 2. The van der Waals surface area contributed by atoms with E-state index in [-0.39, 0.29) is 23.4 Å². The Hall–Kier alpha value is -2.71. The van der Waals surface area contributed by atoms with E-state index in [4.69, 9.17) is 0 Å². The fraction of sp³-hybridized carbons (Fsp3) is 0.562. The van der Waals surface area contributed by atoms with Crippen molar-refractivity contribution in [2.75, 3.05) is 6.54 Å². The minimum atomic E-state index is -0.431. The van der Waals surface area contributed by atoms with Gasteiger partial charge in [-0.1, -0.05) is 13.8 Å². The Morgan fingerprint density at radius 3 is 2.60 bits per heavy atom. The van der Waals surface area contributed by atoms with Gasteiger partial charge in [-0.15, -0.1) is 0 Å². The number of rotatable bonds is 6. The number of H-pyrrole nitrogens is 2. The normalized spacial score (nSPS) is 15.7. The number of nitrogens with zero attached hydrogens (tertiary/aromatic N) is 3. The second kappa shape index (κ2) is 6.66. The molecule has 2 aromatic heterocycles. The van der Waals surface area contributed by atoms with Crippen molar-refractivity contribution in [2.45, 2.75) is 51.5 Å². The number of nitrogens with one attached hydrogen (secondary N) is 4. The highest BCUT2D eigenvalue weighted by Crippen LogP contribution is 2.31. The lowest BCUT2D eigenvalue weighted by molar-refractivity contribution is 0.0784. The zero-order valence-corrected chi connectivity index (χ0v) is 14.6. The van der Waals surface area contributed by atoms with Crippen molar-refractivity contribution < 1.29 is 9.59 Å². The summed E-state index contributed by atoms with van der Waals surface area (Å²) >= 11 is 0. The van der Waals surface area contributed by atoms with Crippen molar-refractivity contribution in [3.63, 3.8) is 0 Å². The first-order valence-corrected chi connectivity index (χ1v) is 8.43. The van der Waals surface area contributed by atoms with Crippen LogP contribution in [0.1, 0.15) is 71.3 Å². The SMILES string of the molecule is Cc1n[nH]nc1C(=O)NC1(CNC(=O)c2cn[nH]c2C(C)C)CCC1. The summed E-state index contributed by atoms with van der Waals surface area (Å²) in [5.41, 5.74) is 1.76. The summed E-state index contributed by atoms with van der Waals surface area (Å²) in [5, 5.41) is 23.0. The Labute approximate surface area is 145 Å². The van der Waals surface area contributed by atoms with Gasteiger partial charge >= 0.3 is 0 Å². The number of aromatic nitrogens is 5. The zero-order chi connectivity index (χ0) is 18.0. The molecule has 0 spiro atoms. The summed E-state index contributed by atoms with van der Waals surface area (Å²) in [6, 6.07) is 0. The van der Waals surface area contributed by atoms with E-state index in [1.807, 2.05) is 13.8 Å². The van der Waals surface area contributed by atoms with Gasteiger partial charge in [0.2, 0.25) is 0 Å². The molecule has 1 fully saturated rings. The molecule has 0 aromatic carbocycles. The Bertz CT molecular complexity index is 773. The average Bonchev–Trinajstić information content (AvgIpc) is 3.17. The van der Waals surface area contributed by atoms with Crippen molar-refractivity contribution in [1.29, 1.82) is 0 Å². The Morgan fingerprint density at radius 1 is 1.28 bits per heavy atom. The van der Waals surface area contributed by atoms with Crippen LogP contribution in [0.3, 0.4) is 0 Å². The fourth-order valence-electron chi connectivity index (χ4n) is 3.01. The van der Waals surface area contributed by atoms with Crippen LogP contribution in [0.15, 0.2) is 6.20 Å². The van der Waals surface area contributed by atoms with Gasteiger partial charge in [0.15, 0.2) is 5.69 Å². The molecule has 0 radical (unpaired) electrons. The molecule has 1 aliphatic rings. The van der Waals surface area contributed by atoms with Crippen LogP contribution in [0.4, 0.5) is 0 Å². The van der Waals surface area contributed by atoms with Gasteiger partial charge in [-0.3, -0.25) is 14.7 Å². The highest BCUT2D eigenvalue weighted by Gasteiger charge is 2.39. The molecule has 0 atom stereocenters. The molecular formula is C16H23N7O2. The third kappa shape index (κ3) is 3.40. The number of aromatic amines is 2. The lowest BCUT2D eigenvalue weighted by Gasteiger charge is -2.42. The van der Waals surface area contributed by atoms with Crippen molar-refractivity contribution in [3.05, 3.63) is 28.8 Å². The van der Waals surface area contributed by atoms with Crippen LogP contribution in [0.2, 0.25) is 0 Å². The summed E-state index contributed by atoms with van der Waals surface area (Å²) in [6.07, 6.45) is 4.18. The quantitative estimate of drug-likeness (QED) is 0.622. The van der Waals surface area contributed by atoms with E-state index in [9.17, 15) is 9.59 Å². The largest absolute Gasteiger partial charge is 0.350 e. The first kappa shape index (κ1) is 17.1. The van der Waals surface area contributed by atoms with Gasteiger partial charge in [0.25, 0.3) is 11.8 Å². The minimum absolute atomic E-state index is 0.177. The third-order valence-corrected chi connectivity index (χ3v) is 4.70. The molecule has 9 heteroatoms. The van der Waals surface area contributed by atoms with Crippen molar-refractivity contribution in [3.8, 4) is 0 Å². The molecule has 2 heterocycles. The first-order valence-electron chi connectivity index (χ1n) is 8.43. The molecular weight excluding hydrogens is 322 g/mol. The molecule has 0 bridgehead atoms. The summed E-state index contributed by atoms with van der Waals surface area (Å²) in [4.78, 5) is 24.9. The highest BCUT2D eigenvalue weighted by molar-refractivity contribution is 5.96. The summed E-state index contributed by atoms with van der Waals surface area (Å²) in [7, 11) is 0. The lowest BCUT2D eigenvalue weighted by atomic mass is 9.76. The van der Waals surface area contributed by atoms with Crippen LogP contribution in [0.25, 0.3) is 0 Å². The van der Waals surface area contributed by atoms with Crippen molar-refractivity contribution in [2.24, 2.45) is 0 Å². The standard InChI is InChI=1S/C16H23N7O2/c1-9(2)12-11(7-18-21-12)14(24)17-8-16(5-4-6-16)19-15(25)13-10(3)20-23-22-13/h7,9H,4-6,8H2,1-3H3,(H,17,24)(H,18,21)(H,19,25)(H,20,22,23). The molecule has 0 aliphatic heterocycles. The monoisotopic (exact) mass is 345 g/mol. The minimum Gasteiger partial charge on any atom is -0.350 e. The summed E-state index contributed by atoms with van der Waals surface area (Å²) < 4.78 is 0. The fourth-order valence-corrected chi connectivity index (χ4v) is 3.01. The second-order valence-corrected chi connectivity index (χ2v) is 6.88. The number of hydrogen-bond acceptors (Lipinski definition) is 5. The molecule has 0 saturated heterocycles. The molecule has 1 aliphatic carbocycles. The van der Waals surface area contributed by atoms with E-state index in [0.717, 1.165) is 25.0 Å². The average molecular weight is 345 g/mol. The molecule has 134 valence electrons. The van der Waals surface area contributed by atoms with Crippen LogP contribution in [0, 0.1) is 6.92 Å². The molecule has 2 aromatic rings. The topological polar surface area (TPSA) is 128 Å². The number of carbonyl (C=O) groups excluding carboxylic acids is 2. The predicted octanol–water partition coefficient (Wildman–Crippen LogP) is 1.04. The maximum absolute atomic E-state index is 12.5. The smallest absolute Gasteiger partial charge is 0.274 e. The van der Waals surface area contributed by atoms with E-state index in [1.54, 1.807) is 6.92 Å². The van der Waals surface area contributed by atoms with Crippen LogP contribution in [-0.2, 0) is 0 Å². The third-order valence-electron chi connectivity index (χ3n) is 4.70. The second-order valence-electron chi connectivity index (χ2n) is 6.88. The summed E-state index contributed by atoms with van der Waals surface area (Å²) in [6.45, 7) is 6.09. The van der Waals surface area contributed by atoms with Crippen LogP contribution in [0.5, 0.6) is 0 Å².